The zero-order chi connectivity index (χ0) is 20.2. The number of carbonyl (C=O) groups is 1. The minimum absolute atomic E-state index is 0.0168. The molecular formula is C22H23N3O3S. The molecule has 0 bridgehead atoms. The van der Waals surface area contributed by atoms with Crippen molar-refractivity contribution in [2.24, 2.45) is 0 Å². The standard InChI is InChI=1S/C22H23N3O3S/c1-28-18-7-2-5-16(13-18)14-22(27)24-11-3-6-17(24)15-25-21(26)10-9-19(23-25)20-8-4-12-29-20/h2,4-5,7-10,12-13,17H,3,6,11,14-15H2,1H3/t17-/m1/s1. The fourth-order valence-electron chi connectivity index (χ4n) is 3.75. The van der Waals surface area contributed by atoms with Crippen LogP contribution in [0.1, 0.15) is 18.4 Å². The Morgan fingerprint density at radius 1 is 1.24 bits per heavy atom. The Morgan fingerprint density at radius 2 is 2.14 bits per heavy atom. The number of amides is 1. The third-order valence-corrected chi connectivity index (χ3v) is 6.10. The molecule has 0 aliphatic carbocycles. The number of nitrogens with zero attached hydrogens (tertiary/aromatic N) is 3. The van der Waals surface area contributed by atoms with Gasteiger partial charge in [-0.05, 0) is 48.1 Å². The fourth-order valence-corrected chi connectivity index (χ4v) is 4.44. The third kappa shape index (κ3) is 4.40. The van der Waals surface area contributed by atoms with E-state index in [2.05, 4.69) is 5.10 Å². The maximum atomic E-state index is 12.9. The van der Waals surface area contributed by atoms with E-state index in [9.17, 15) is 9.59 Å². The first kappa shape index (κ1) is 19.4. The molecule has 2 aromatic heterocycles. The maximum Gasteiger partial charge on any atom is 0.266 e. The summed E-state index contributed by atoms with van der Waals surface area (Å²) in [7, 11) is 1.62. The SMILES string of the molecule is COc1cccc(CC(=O)N2CCC[C@@H]2Cn2nc(-c3cccs3)ccc2=O)c1. The summed E-state index contributed by atoms with van der Waals surface area (Å²) in [5.41, 5.74) is 1.57. The number of carbonyl (C=O) groups excluding carboxylic acids is 1. The van der Waals surface area contributed by atoms with Crippen molar-refractivity contribution in [2.75, 3.05) is 13.7 Å². The van der Waals surface area contributed by atoms with Gasteiger partial charge < -0.3 is 9.64 Å². The lowest BCUT2D eigenvalue weighted by molar-refractivity contribution is -0.131. The number of hydrogen-bond donors (Lipinski definition) is 0. The van der Waals surface area contributed by atoms with Crippen molar-refractivity contribution in [3.05, 3.63) is 69.8 Å². The van der Waals surface area contributed by atoms with Crippen LogP contribution in [-0.2, 0) is 17.8 Å². The van der Waals surface area contributed by atoms with E-state index in [1.807, 2.05) is 46.7 Å². The number of hydrogen-bond acceptors (Lipinski definition) is 5. The van der Waals surface area contributed by atoms with Crippen LogP contribution >= 0.6 is 11.3 Å². The van der Waals surface area contributed by atoms with E-state index in [1.54, 1.807) is 30.6 Å². The van der Waals surface area contributed by atoms with Gasteiger partial charge in [0.2, 0.25) is 5.91 Å². The Kier molecular flexibility index (Phi) is 5.76. The van der Waals surface area contributed by atoms with Crippen LogP contribution in [0.3, 0.4) is 0 Å². The molecule has 0 saturated carbocycles. The predicted octanol–water partition coefficient (Wildman–Crippen LogP) is 3.21. The van der Waals surface area contributed by atoms with Crippen LogP contribution in [0.4, 0.5) is 0 Å². The quantitative estimate of drug-likeness (QED) is 0.627. The molecule has 1 aliphatic heterocycles. The minimum Gasteiger partial charge on any atom is -0.497 e. The van der Waals surface area contributed by atoms with Gasteiger partial charge >= 0.3 is 0 Å². The molecule has 29 heavy (non-hydrogen) atoms. The molecular weight excluding hydrogens is 386 g/mol. The summed E-state index contributed by atoms with van der Waals surface area (Å²) < 4.78 is 6.74. The average molecular weight is 410 g/mol. The zero-order valence-corrected chi connectivity index (χ0v) is 17.1. The molecule has 1 aliphatic rings. The van der Waals surface area contributed by atoms with Gasteiger partial charge in [-0.3, -0.25) is 9.59 Å². The molecule has 1 amide bonds. The number of aromatic nitrogens is 2. The van der Waals surface area contributed by atoms with Crippen molar-refractivity contribution in [1.29, 1.82) is 0 Å². The Bertz CT molecular complexity index is 1050. The van der Waals surface area contributed by atoms with Crippen LogP contribution in [0.25, 0.3) is 10.6 Å². The highest BCUT2D eigenvalue weighted by molar-refractivity contribution is 7.13. The van der Waals surface area contributed by atoms with Crippen molar-refractivity contribution in [3.63, 3.8) is 0 Å². The van der Waals surface area contributed by atoms with Crippen molar-refractivity contribution < 1.29 is 9.53 Å². The zero-order valence-electron chi connectivity index (χ0n) is 16.3. The molecule has 6 nitrogen and oxygen atoms in total. The normalized spacial score (nSPS) is 16.2. The van der Waals surface area contributed by atoms with E-state index in [-0.39, 0.29) is 17.5 Å². The second-order valence-corrected chi connectivity index (χ2v) is 8.08. The first-order chi connectivity index (χ1) is 14.1. The molecule has 0 N–H and O–H groups in total. The van der Waals surface area contributed by atoms with Gasteiger partial charge in [0, 0.05) is 12.6 Å². The monoisotopic (exact) mass is 409 g/mol. The Balaban J connectivity index is 1.49. The maximum absolute atomic E-state index is 12.9. The predicted molar refractivity (Wildman–Crippen MR) is 113 cm³/mol. The van der Waals surface area contributed by atoms with Crippen LogP contribution in [-0.4, -0.2) is 40.3 Å². The van der Waals surface area contributed by atoms with E-state index in [0.29, 0.717) is 19.5 Å². The molecule has 3 aromatic rings. The first-order valence-electron chi connectivity index (χ1n) is 9.68. The molecule has 4 rings (SSSR count). The van der Waals surface area contributed by atoms with Gasteiger partial charge in [0.1, 0.15) is 11.4 Å². The number of thiophene rings is 1. The molecule has 150 valence electrons. The summed E-state index contributed by atoms with van der Waals surface area (Å²) in [6, 6.07) is 14.8. The third-order valence-electron chi connectivity index (χ3n) is 5.21. The Morgan fingerprint density at radius 3 is 2.93 bits per heavy atom. The van der Waals surface area contributed by atoms with Crippen molar-refractivity contribution in [1.82, 2.24) is 14.7 Å². The molecule has 0 radical (unpaired) electrons. The summed E-state index contributed by atoms with van der Waals surface area (Å²) in [5, 5.41) is 6.53. The lowest BCUT2D eigenvalue weighted by Crippen LogP contribution is -2.41. The van der Waals surface area contributed by atoms with Gasteiger partial charge in [-0.15, -0.1) is 11.3 Å². The summed E-state index contributed by atoms with van der Waals surface area (Å²) in [6.45, 7) is 1.13. The van der Waals surface area contributed by atoms with Gasteiger partial charge in [-0.1, -0.05) is 18.2 Å². The average Bonchev–Trinajstić information content (AvgIpc) is 3.42. The lowest BCUT2D eigenvalue weighted by Gasteiger charge is -2.25. The fraction of sp³-hybridized carbons (Fsp3) is 0.318. The molecule has 1 aromatic carbocycles. The van der Waals surface area contributed by atoms with Crippen molar-refractivity contribution in [2.45, 2.75) is 31.8 Å². The van der Waals surface area contributed by atoms with E-state index < -0.39 is 0 Å². The van der Waals surface area contributed by atoms with Gasteiger partial charge in [0.15, 0.2) is 0 Å². The van der Waals surface area contributed by atoms with Crippen LogP contribution in [0.15, 0.2) is 58.7 Å². The Hall–Kier alpha value is -2.93. The van der Waals surface area contributed by atoms with E-state index in [1.165, 1.54) is 4.68 Å². The van der Waals surface area contributed by atoms with Crippen LogP contribution in [0.5, 0.6) is 5.75 Å². The molecule has 0 unspecified atom stereocenters. The number of likely N-dealkylation sites (tertiary alicyclic amines) is 1. The highest BCUT2D eigenvalue weighted by atomic mass is 32.1. The van der Waals surface area contributed by atoms with Crippen molar-refractivity contribution >= 4 is 17.2 Å². The molecule has 0 spiro atoms. The van der Waals surface area contributed by atoms with E-state index in [4.69, 9.17) is 4.74 Å². The summed E-state index contributed by atoms with van der Waals surface area (Å²) in [5.74, 6) is 0.817. The number of benzene rings is 1. The number of methoxy groups -OCH3 is 1. The molecule has 7 heteroatoms. The topological polar surface area (TPSA) is 64.4 Å². The lowest BCUT2D eigenvalue weighted by atomic mass is 10.1. The smallest absolute Gasteiger partial charge is 0.266 e. The van der Waals surface area contributed by atoms with E-state index >= 15 is 0 Å². The second-order valence-electron chi connectivity index (χ2n) is 7.13. The highest BCUT2D eigenvalue weighted by Gasteiger charge is 2.29. The van der Waals surface area contributed by atoms with Gasteiger partial charge in [-0.2, -0.15) is 5.10 Å². The highest BCUT2D eigenvalue weighted by Crippen LogP contribution is 2.23. The molecule has 1 fully saturated rings. The van der Waals surface area contributed by atoms with Crippen LogP contribution < -0.4 is 10.3 Å². The summed E-state index contributed by atoms with van der Waals surface area (Å²) in [6.07, 6.45) is 2.14. The van der Waals surface area contributed by atoms with Gasteiger partial charge in [0.25, 0.3) is 5.56 Å². The second kappa shape index (κ2) is 8.61. The minimum atomic E-state index is -0.141. The largest absolute Gasteiger partial charge is 0.497 e. The molecule has 1 saturated heterocycles. The summed E-state index contributed by atoms with van der Waals surface area (Å²) >= 11 is 1.59. The number of rotatable bonds is 6. The molecule has 3 heterocycles. The van der Waals surface area contributed by atoms with Crippen molar-refractivity contribution in [3.8, 4) is 16.3 Å². The first-order valence-corrected chi connectivity index (χ1v) is 10.6. The number of ether oxygens (including phenoxy) is 1. The Labute approximate surface area is 173 Å². The summed E-state index contributed by atoms with van der Waals surface area (Å²) in [4.78, 5) is 28.2. The van der Waals surface area contributed by atoms with E-state index in [0.717, 1.165) is 34.7 Å². The van der Waals surface area contributed by atoms with Crippen LogP contribution in [0.2, 0.25) is 0 Å². The van der Waals surface area contributed by atoms with Gasteiger partial charge in [0.05, 0.1) is 31.0 Å². The van der Waals surface area contributed by atoms with Gasteiger partial charge in [-0.25, -0.2) is 4.68 Å². The molecule has 1 atom stereocenters. The van der Waals surface area contributed by atoms with Crippen LogP contribution in [0, 0.1) is 0 Å².